The molecule has 0 radical (unpaired) electrons. The molecule has 2 unspecified atom stereocenters. The minimum absolute atomic E-state index is 0.0662. The largest absolute Gasteiger partial charge is 0.487 e. The lowest BCUT2D eigenvalue weighted by Crippen LogP contribution is -2.44. The van der Waals surface area contributed by atoms with Gasteiger partial charge in [-0.15, -0.1) is 0 Å². The van der Waals surface area contributed by atoms with Crippen molar-refractivity contribution >= 4 is 29.2 Å². The number of amides is 2. The number of ether oxygens (including phenoxy) is 4. The van der Waals surface area contributed by atoms with Gasteiger partial charge in [0.15, 0.2) is 11.5 Å². The van der Waals surface area contributed by atoms with Crippen LogP contribution in [0, 0.1) is 0 Å². The molecule has 0 fully saturated rings. The summed E-state index contributed by atoms with van der Waals surface area (Å²) in [4.78, 5) is 43.2. The molecule has 1 aliphatic heterocycles. The van der Waals surface area contributed by atoms with Crippen molar-refractivity contribution in [1.29, 1.82) is 0 Å². The van der Waals surface area contributed by atoms with Gasteiger partial charge < -0.3 is 24.3 Å². The van der Waals surface area contributed by atoms with Gasteiger partial charge in [-0.1, -0.05) is 91.0 Å². The minimum Gasteiger partial charge on any atom is -0.487 e. The molecular formula is C44H36N2O7. The van der Waals surface area contributed by atoms with Crippen LogP contribution in [0.5, 0.6) is 17.2 Å². The highest BCUT2D eigenvalue weighted by Crippen LogP contribution is 2.41. The summed E-state index contributed by atoms with van der Waals surface area (Å²) in [7, 11) is 0. The Labute approximate surface area is 307 Å². The van der Waals surface area contributed by atoms with E-state index in [1.165, 1.54) is 0 Å². The van der Waals surface area contributed by atoms with Crippen molar-refractivity contribution in [3.63, 3.8) is 0 Å². The molecule has 264 valence electrons. The second-order valence-corrected chi connectivity index (χ2v) is 12.4. The fraction of sp³-hybridized carbons (Fsp3) is 0.114. The van der Waals surface area contributed by atoms with Crippen molar-refractivity contribution in [3.05, 3.63) is 186 Å². The van der Waals surface area contributed by atoms with Gasteiger partial charge in [0.2, 0.25) is 6.79 Å². The third-order valence-corrected chi connectivity index (χ3v) is 8.80. The molecule has 6 aromatic carbocycles. The van der Waals surface area contributed by atoms with E-state index in [9.17, 15) is 14.4 Å². The first-order valence-corrected chi connectivity index (χ1v) is 17.2. The molecule has 1 aliphatic rings. The SMILES string of the molecule is CC(C(OC(=O)c1ccccc1)c1ccc2c(c1)OCO2)N(C(=O)c1ccccc1)c1ccc(NC(=O)c2ccccc2)cc1OCc1ccccc1. The standard InChI is InChI=1S/C44H36N2O7/c1-30(41(53-44(49)34-20-12-5-13-21-34)35-22-25-38-40(26-35)52-29-51-38)46(43(48)33-18-10-4-11-19-33)37-24-23-36(45-42(47)32-16-8-3-9-17-32)27-39(37)50-28-31-14-6-2-7-15-31/h2-27,30,41H,28-29H2,1H3,(H,45,47). The van der Waals surface area contributed by atoms with Crippen LogP contribution in [-0.4, -0.2) is 30.6 Å². The monoisotopic (exact) mass is 704 g/mol. The second kappa shape index (κ2) is 16.0. The van der Waals surface area contributed by atoms with Crippen LogP contribution in [0.2, 0.25) is 0 Å². The number of hydrogen-bond donors (Lipinski definition) is 1. The maximum atomic E-state index is 14.8. The van der Waals surface area contributed by atoms with E-state index in [1.54, 1.807) is 114 Å². The van der Waals surface area contributed by atoms with Gasteiger partial charge in [0.1, 0.15) is 18.5 Å². The van der Waals surface area contributed by atoms with Gasteiger partial charge in [-0.2, -0.15) is 0 Å². The van der Waals surface area contributed by atoms with E-state index in [0.717, 1.165) is 5.56 Å². The number of nitrogens with one attached hydrogen (secondary N) is 1. The Bertz CT molecular complexity index is 2200. The van der Waals surface area contributed by atoms with Crippen LogP contribution >= 0.6 is 0 Å². The summed E-state index contributed by atoms with van der Waals surface area (Å²) < 4.78 is 24.0. The molecule has 2 atom stereocenters. The molecule has 0 spiro atoms. The number of rotatable bonds is 12. The Morgan fingerprint density at radius 3 is 1.96 bits per heavy atom. The predicted octanol–water partition coefficient (Wildman–Crippen LogP) is 8.88. The van der Waals surface area contributed by atoms with Crippen molar-refractivity contribution in [1.82, 2.24) is 0 Å². The van der Waals surface area contributed by atoms with E-state index in [1.807, 2.05) is 55.5 Å². The van der Waals surface area contributed by atoms with Crippen molar-refractivity contribution in [2.45, 2.75) is 25.7 Å². The third-order valence-electron chi connectivity index (χ3n) is 8.80. The molecule has 9 heteroatoms. The van der Waals surface area contributed by atoms with E-state index in [0.29, 0.717) is 50.9 Å². The Hall–Kier alpha value is -6.87. The number of esters is 1. The van der Waals surface area contributed by atoms with Crippen molar-refractivity contribution < 1.29 is 33.3 Å². The van der Waals surface area contributed by atoms with Crippen molar-refractivity contribution in [3.8, 4) is 17.2 Å². The molecule has 6 aromatic rings. The maximum absolute atomic E-state index is 14.8. The molecule has 1 heterocycles. The fourth-order valence-electron chi connectivity index (χ4n) is 6.10. The molecule has 0 saturated heterocycles. The van der Waals surface area contributed by atoms with Gasteiger partial charge in [0, 0.05) is 22.9 Å². The zero-order valence-electron chi connectivity index (χ0n) is 28.9. The molecule has 0 aliphatic carbocycles. The van der Waals surface area contributed by atoms with Gasteiger partial charge in [-0.3, -0.25) is 14.5 Å². The van der Waals surface area contributed by atoms with Crippen LogP contribution in [0.15, 0.2) is 158 Å². The Morgan fingerprint density at radius 2 is 1.28 bits per heavy atom. The topological polar surface area (TPSA) is 103 Å². The van der Waals surface area contributed by atoms with Crippen LogP contribution in [-0.2, 0) is 11.3 Å². The van der Waals surface area contributed by atoms with Crippen LogP contribution < -0.4 is 24.4 Å². The summed E-state index contributed by atoms with van der Waals surface area (Å²) in [6.07, 6.45) is -0.982. The Morgan fingerprint density at radius 1 is 0.679 bits per heavy atom. The summed E-state index contributed by atoms with van der Waals surface area (Å²) in [6.45, 7) is 2.07. The molecule has 0 aromatic heterocycles. The average molecular weight is 705 g/mol. The molecule has 1 N–H and O–H groups in total. The van der Waals surface area contributed by atoms with Crippen LogP contribution in [0.25, 0.3) is 0 Å². The Kier molecular flexibility index (Phi) is 10.4. The Balaban J connectivity index is 1.33. The highest BCUT2D eigenvalue weighted by Gasteiger charge is 2.36. The van der Waals surface area contributed by atoms with E-state index in [4.69, 9.17) is 18.9 Å². The van der Waals surface area contributed by atoms with Gasteiger partial charge in [-0.25, -0.2) is 4.79 Å². The first-order chi connectivity index (χ1) is 25.9. The van der Waals surface area contributed by atoms with E-state index in [-0.39, 0.29) is 25.2 Å². The number of hydrogen-bond acceptors (Lipinski definition) is 7. The molecule has 7 rings (SSSR count). The first-order valence-electron chi connectivity index (χ1n) is 17.2. The molecule has 2 amide bonds. The van der Waals surface area contributed by atoms with E-state index >= 15 is 0 Å². The molecular weight excluding hydrogens is 668 g/mol. The predicted molar refractivity (Wildman–Crippen MR) is 201 cm³/mol. The molecule has 0 bridgehead atoms. The lowest BCUT2D eigenvalue weighted by Gasteiger charge is -2.36. The third kappa shape index (κ3) is 8.05. The lowest BCUT2D eigenvalue weighted by molar-refractivity contribution is 0.0234. The molecule has 0 saturated carbocycles. The van der Waals surface area contributed by atoms with Crippen LogP contribution in [0.4, 0.5) is 11.4 Å². The van der Waals surface area contributed by atoms with Gasteiger partial charge in [-0.05, 0) is 78.7 Å². The summed E-state index contributed by atoms with van der Waals surface area (Å²) in [5.74, 6) is 0.179. The summed E-state index contributed by atoms with van der Waals surface area (Å²) in [5, 5.41) is 2.95. The van der Waals surface area contributed by atoms with Crippen LogP contribution in [0.3, 0.4) is 0 Å². The number of carbonyl (C=O) groups excluding carboxylic acids is 3. The quantitative estimate of drug-likeness (QED) is 0.127. The van der Waals surface area contributed by atoms with Gasteiger partial charge >= 0.3 is 5.97 Å². The van der Waals surface area contributed by atoms with Crippen LogP contribution in [0.1, 0.15) is 55.2 Å². The molecule has 9 nitrogen and oxygen atoms in total. The van der Waals surface area contributed by atoms with E-state index < -0.39 is 18.1 Å². The van der Waals surface area contributed by atoms with Crippen molar-refractivity contribution in [2.75, 3.05) is 17.0 Å². The lowest BCUT2D eigenvalue weighted by atomic mass is 9.99. The fourth-order valence-corrected chi connectivity index (χ4v) is 6.10. The summed E-state index contributed by atoms with van der Waals surface area (Å²) in [5.41, 5.74) is 3.63. The zero-order chi connectivity index (χ0) is 36.6. The van der Waals surface area contributed by atoms with Gasteiger partial charge in [0.05, 0.1) is 17.3 Å². The summed E-state index contributed by atoms with van der Waals surface area (Å²) in [6, 6.07) is 45.7. The van der Waals surface area contributed by atoms with Gasteiger partial charge in [0.25, 0.3) is 11.8 Å². The number of nitrogens with zero attached hydrogens (tertiary/aromatic N) is 1. The number of benzene rings is 6. The van der Waals surface area contributed by atoms with Crippen molar-refractivity contribution in [2.24, 2.45) is 0 Å². The summed E-state index contributed by atoms with van der Waals surface area (Å²) >= 11 is 0. The first kappa shape index (κ1) is 34.6. The maximum Gasteiger partial charge on any atom is 0.338 e. The number of carbonyl (C=O) groups is 3. The second-order valence-electron chi connectivity index (χ2n) is 12.4. The number of fused-ring (bicyclic) bond motifs is 1. The molecule has 53 heavy (non-hydrogen) atoms. The minimum atomic E-state index is -0.982. The average Bonchev–Trinajstić information content (AvgIpc) is 3.69. The normalized spacial score (nSPS) is 12.6. The highest BCUT2D eigenvalue weighted by molar-refractivity contribution is 6.08. The highest BCUT2D eigenvalue weighted by atomic mass is 16.7. The number of anilines is 2. The van der Waals surface area contributed by atoms with E-state index in [2.05, 4.69) is 5.32 Å². The zero-order valence-corrected chi connectivity index (χ0v) is 28.9. The smallest absolute Gasteiger partial charge is 0.338 e.